The van der Waals surface area contributed by atoms with Crippen LogP contribution in [0.2, 0.25) is 5.02 Å². The summed E-state index contributed by atoms with van der Waals surface area (Å²) < 4.78 is 75.3. The third kappa shape index (κ3) is 5.57. The molecule has 0 saturated heterocycles. The first-order valence-corrected chi connectivity index (χ1v) is 11.6. The second kappa shape index (κ2) is 9.07. The van der Waals surface area contributed by atoms with Crippen molar-refractivity contribution in [3.8, 4) is 11.5 Å². The van der Waals surface area contributed by atoms with E-state index in [9.17, 15) is 26.4 Å². The van der Waals surface area contributed by atoms with Crippen LogP contribution in [-0.4, -0.2) is 40.3 Å². The Balaban J connectivity index is 1.81. The normalized spacial score (nSPS) is 14.6. The van der Waals surface area contributed by atoms with Gasteiger partial charge in [0.1, 0.15) is 19.8 Å². The highest BCUT2D eigenvalue weighted by Crippen LogP contribution is 2.36. The molecule has 12 heteroatoms. The number of sulfonamides is 1. The molecule has 1 N–H and O–H groups in total. The van der Waals surface area contributed by atoms with Crippen molar-refractivity contribution in [1.29, 1.82) is 0 Å². The van der Waals surface area contributed by atoms with E-state index in [-0.39, 0.29) is 5.02 Å². The minimum Gasteiger partial charge on any atom is -0.486 e. The number of alkyl halides is 3. The Morgan fingerprint density at radius 2 is 1.81 bits per heavy atom. The number of ether oxygens (including phenoxy) is 2. The first kappa shape index (κ1) is 24.0. The molecule has 1 aliphatic heterocycles. The summed E-state index contributed by atoms with van der Waals surface area (Å²) in [6.07, 6.45) is -3.93. The lowest BCUT2D eigenvalue weighted by molar-refractivity contribution is -0.137. The van der Waals surface area contributed by atoms with Gasteiger partial charge in [-0.2, -0.15) is 13.2 Å². The zero-order valence-corrected chi connectivity index (χ0v) is 18.6. The van der Waals surface area contributed by atoms with Gasteiger partial charge in [0, 0.05) is 0 Å². The van der Waals surface area contributed by atoms with Crippen molar-refractivity contribution in [1.82, 2.24) is 5.32 Å². The van der Waals surface area contributed by atoms with Crippen molar-refractivity contribution in [3.05, 3.63) is 52.5 Å². The number of benzene rings is 2. The summed E-state index contributed by atoms with van der Waals surface area (Å²) in [4.78, 5) is 12.6. The zero-order chi connectivity index (χ0) is 23.7. The number of halogens is 4. The van der Waals surface area contributed by atoms with Crippen LogP contribution in [0.5, 0.6) is 11.5 Å². The summed E-state index contributed by atoms with van der Waals surface area (Å²) in [6.45, 7) is 1.73. The number of nitrogens with one attached hydrogen (secondary N) is 1. The van der Waals surface area contributed by atoms with Crippen molar-refractivity contribution in [2.45, 2.75) is 19.1 Å². The SMILES string of the molecule is CC(NC(=O)CN(c1cc(C(F)(F)F)ccc1Cl)S(C)(=O)=O)c1ccc2c(c1)OCCO2. The van der Waals surface area contributed by atoms with Gasteiger partial charge in [0.05, 0.1) is 28.6 Å². The third-order valence-corrected chi connectivity index (χ3v) is 6.12. The lowest BCUT2D eigenvalue weighted by Crippen LogP contribution is -2.41. The number of amides is 1. The largest absolute Gasteiger partial charge is 0.486 e. The summed E-state index contributed by atoms with van der Waals surface area (Å²) >= 11 is 5.97. The van der Waals surface area contributed by atoms with Gasteiger partial charge in [0.15, 0.2) is 11.5 Å². The van der Waals surface area contributed by atoms with Crippen molar-refractivity contribution in [2.24, 2.45) is 0 Å². The van der Waals surface area contributed by atoms with Crippen LogP contribution >= 0.6 is 11.6 Å². The van der Waals surface area contributed by atoms with Crippen molar-refractivity contribution < 1.29 is 35.9 Å². The molecule has 1 unspecified atom stereocenters. The molecule has 32 heavy (non-hydrogen) atoms. The molecule has 0 aliphatic carbocycles. The van der Waals surface area contributed by atoms with Crippen LogP contribution in [0.3, 0.4) is 0 Å². The minimum absolute atomic E-state index is 0.240. The summed E-state index contributed by atoms with van der Waals surface area (Å²) in [5.41, 5.74) is -0.854. The van der Waals surface area contributed by atoms with Gasteiger partial charge < -0.3 is 14.8 Å². The molecule has 0 bridgehead atoms. The first-order chi connectivity index (χ1) is 14.9. The molecular formula is C20H20ClF3N2O5S. The molecule has 0 spiro atoms. The maximum absolute atomic E-state index is 13.1. The highest BCUT2D eigenvalue weighted by molar-refractivity contribution is 7.92. The van der Waals surface area contributed by atoms with Gasteiger partial charge in [-0.3, -0.25) is 9.10 Å². The number of rotatable bonds is 6. The summed E-state index contributed by atoms with van der Waals surface area (Å²) in [5, 5.41) is 2.39. The van der Waals surface area contributed by atoms with Gasteiger partial charge in [-0.15, -0.1) is 0 Å². The molecule has 1 amide bonds. The molecule has 3 rings (SSSR count). The molecule has 0 saturated carbocycles. The lowest BCUT2D eigenvalue weighted by Gasteiger charge is -2.25. The van der Waals surface area contributed by atoms with Crippen LogP contribution < -0.4 is 19.1 Å². The smallest absolute Gasteiger partial charge is 0.416 e. The third-order valence-electron chi connectivity index (χ3n) is 4.67. The van der Waals surface area contributed by atoms with Gasteiger partial charge in [-0.25, -0.2) is 8.42 Å². The number of carbonyl (C=O) groups is 1. The quantitative estimate of drug-likeness (QED) is 0.663. The Kier molecular flexibility index (Phi) is 6.80. The van der Waals surface area contributed by atoms with Crippen LogP contribution in [0.4, 0.5) is 18.9 Å². The van der Waals surface area contributed by atoms with E-state index in [4.69, 9.17) is 21.1 Å². The van der Waals surface area contributed by atoms with E-state index in [1.165, 1.54) is 0 Å². The van der Waals surface area contributed by atoms with E-state index in [1.54, 1.807) is 25.1 Å². The average molecular weight is 493 g/mol. The monoisotopic (exact) mass is 492 g/mol. The molecule has 1 aliphatic rings. The first-order valence-electron chi connectivity index (χ1n) is 9.39. The molecule has 2 aromatic rings. The van der Waals surface area contributed by atoms with Gasteiger partial charge >= 0.3 is 6.18 Å². The standard InChI is InChI=1S/C20H20ClF3N2O5S/c1-12(13-3-6-17-18(9-13)31-8-7-30-17)25-19(27)11-26(32(2,28)29)16-10-14(20(22,23)24)4-5-15(16)21/h3-6,9-10,12H,7-8,11H2,1-2H3,(H,25,27). The Hall–Kier alpha value is -2.66. The predicted molar refractivity (Wildman–Crippen MR) is 113 cm³/mol. The molecule has 0 fully saturated rings. The fraction of sp³-hybridized carbons (Fsp3) is 0.350. The highest BCUT2D eigenvalue weighted by Gasteiger charge is 2.33. The Morgan fingerprint density at radius 3 is 2.44 bits per heavy atom. The van der Waals surface area contributed by atoms with Crippen LogP contribution in [0.15, 0.2) is 36.4 Å². The second-order valence-corrected chi connectivity index (χ2v) is 9.44. The van der Waals surface area contributed by atoms with Gasteiger partial charge in [0.25, 0.3) is 0 Å². The Labute approximate surface area is 188 Å². The van der Waals surface area contributed by atoms with E-state index in [2.05, 4.69) is 5.32 Å². The maximum atomic E-state index is 13.1. The fourth-order valence-electron chi connectivity index (χ4n) is 3.09. The summed E-state index contributed by atoms with van der Waals surface area (Å²) in [6, 6.07) is 6.83. The number of carbonyl (C=O) groups excluding carboxylic acids is 1. The van der Waals surface area contributed by atoms with Crippen molar-refractivity contribution >= 4 is 33.2 Å². The molecule has 2 aromatic carbocycles. The van der Waals surface area contributed by atoms with Crippen molar-refractivity contribution in [3.63, 3.8) is 0 Å². The van der Waals surface area contributed by atoms with E-state index >= 15 is 0 Å². The van der Waals surface area contributed by atoms with Crippen LogP contribution in [0, 0.1) is 0 Å². The van der Waals surface area contributed by atoms with Crippen LogP contribution in [0.25, 0.3) is 0 Å². The number of hydrogen-bond acceptors (Lipinski definition) is 5. The van der Waals surface area contributed by atoms with E-state index in [1.807, 2.05) is 0 Å². The molecule has 1 atom stereocenters. The molecule has 7 nitrogen and oxygen atoms in total. The van der Waals surface area contributed by atoms with Gasteiger partial charge in [-0.05, 0) is 42.8 Å². The topological polar surface area (TPSA) is 84.9 Å². The van der Waals surface area contributed by atoms with E-state index in [0.29, 0.717) is 40.6 Å². The highest BCUT2D eigenvalue weighted by atomic mass is 35.5. The van der Waals surface area contributed by atoms with E-state index in [0.717, 1.165) is 18.4 Å². The molecular weight excluding hydrogens is 473 g/mol. The number of nitrogens with zero attached hydrogens (tertiary/aromatic N) is 1. The predicted octanol–water partition coefficient (Wildman–Crippen LogP) is 3.77. The summed E-state index contributed by atoms with van der Waals surface area (Å²) in [5.74, 6) is 0.357. The molecule has 1 heterocycles. The average Bonchev–Trinajstić information content (AvgIpc) is 2.70. The lowest BCUT2D eigenvalue weighted by atomic mass is 10.1. The van der Waals surface area contributed by atoms with Gasteiger partial charge in [0.2, 0.25) is 15.9 Å². The van der Waals surface area contributed by atoms with Crippen LogP contribution in [-0.2, 0) is 21.0 Å². The van der Waals surface area contributed by atoms with Crippen LogP contribution in [0.1, 0.15) is 24.1 Å². The number of anilines is 1. The Bertz CT molecular complexity index is 1120. The maximum Gasteiger partial charge on any atom is 0.416 e. The molecule has 174 valence electrons. The second-order valence-electron chi connectivity index (χ2n) is 7.13. The van der Waals surface area contributed by atoms with Crippen molar-refractivity contribution in [2.75, 3.05) is 30.3 Å². The Morgan fingerprint density at radius 1 is 1.16 bits per heavy atom. The minimum atomic E-state index is -4.71. The summed E-state index contributed by atoms with van der Waals surface area (Å²) in [7, 11) is -4.13. The number of hydrogen-bond donors (Lipinski definition) is 1. The molecule has 0 radical (unpaired) electrons. The van der Waals surface area contributed by atoms with Gasteiger partial charge in [-0.1, -0.05) is 17.7 Å². The zero-order valence-electron chi connectivity index (χ0n) is 17.1. The van der Waals surface area contributed by atoms with E-state index < -0.39 is 45.9 Å². The number of fused-ring (bicyclic) bond motifs is 1. The fourth-order valence-corrected chi connectivity index (χ4v) is 4.22. The molecule has 0 aromatic heterocycles.